The number of ether oxygens (including phenoxy) is 1. The monoisotopic (exact) mass is 820 g/mol. The highest BCUT2D eigenvalue weighted by molar-refractivity contribution is 6.33. The van der Waals surface area contributed by atoms with Gasteiger partial charge in [0.2, 0.25) is 23.7 Å². The zero-order valence-electron chi connectivity index (χ0n) is 33.0. The normalized spacial score (nSPS) is 18.8. The molecule has 59 heavy (non-hydrogen) atoms. The fourth-order valence-corrected chi connectivity index (χ4v) is 7.98. The Morgan fingerprint density at radius 2 is 1.64 bits per heavy atom. The predicted molar refractivity (Wildman–Crippen MR) is 227 cm³/mol. The zero-order valence-corrected chi connectivity index (χ0v) is 33.8. The molecule has 15 nitrogen and oxygen atoms in total. The maximum absolute atomic E-state index is 13.4. The second kappa shape index (κ2) is 17.9. The molecule has 3 aromatic carbocycles. The van der Waals surface area contributed by atoms with E-state index in [1.54, 1.807) is 13.2 Å². The van der Waals surface area contributed by atoms with Gasteiger partial charge >= 0.3 is 0 Å². The Hall–Kier alpha value is -5.93. The van der Waals surface area contributed by atoms with Crippen LogP contribution in [0.15, 0.2) is 72.9 Å². The first-order valence-electron chi connectivity index (χ1n) is 20.3. The van der Waals surface area contributed by atoms with Crippen molar-refractivity contribution in [2.45, 2.75) is 56.5 Å². The number of likely N-dealkylation sites (tertiary alicyclic amines) is 1. The number of para-hydroxylation sites is 1. The molecule has 1 aromatic heterocycles. The van der Waals surface area contributed by atoms with Gasteiger partial charge in [-0.05, 0) is 93.1 Å². The van der Waals surface area contributed by atoms with Crippen LogP contribution in [0.5, 0.6) is 5.75 Å². The molecule has 0 bridgehead atoms. The number of carbonyl (C=O) groups is 4. The lowest BCUT2D eigenvalue weighted by molar-refractivity contribution is -0.134. The van der Waals surface area contributed by atoms with Crippen LogP contribution in [-0.4, -0.2) is 108 Å². The summed E-state index contributed by atoms with van der Waals surface area (Å²) in [5, 5.41) is 15.4. The lowest BCUT2D eigenvalue weighted by atomic mass is 9.89. The number of carbonyl (C=O) groups excluding carboxylic acids is 4. The number of methoxy groups -OCH3 is 1. The molecular formula is C43H49ClN10O5. The Balaban J connectivity index is 0.803. The first kappa shape index (κ1) is 39.9. The van der Waals surface area contributed by atoms with Gasteiger partial charge in [-0.2, -0.15) is 4.98 Å². The average Bonchev–Trinajstić information content (AvgIpc) is 4.08. The van der Waals surface area contributed by atoms with E-state index >= 15 is 0 Å². The van der Waals surface area contributed by atoms with Crippen LogP contribution in [0.2, 0.25) is 5.02 Å². The van der Waals surface area contributed by atoms with Crippen molar-refractivity contribution in [2.24, 2.45) is 0 Å². The standard InChI is InChI=1S/C43H49ClN10O5/c1-59-37-24-31(12-13-35(37)49-43-45-25-33(44)40(51-43)48-34-5-3-2-4-32(34)41(57)47-30-10-11-30)53-20-22-54(23-21-53)39(56)26-52-18-16-28(17-19-52)27-6-8-29(9-7-27)46-36-14-15-38(55)50-42(36)58/h2-9,12-13,24-25,28,30,36,46H,10-11,14-23,26H2,1H3,(H,47,57)(H,50,55,58)(H2,45,48,49,51). The largest absolute Gasteiger partial charge is 0.494 e. The van der Waals surface area contributed by atoms with Gasteiger partial charge in [0, 0.05) is 56.1 Å². The number of halogens is 1. The van der Waals surface area contributed by atoms with Crippen molar-refractivity contribution in [3.05, 3.63) is 89.1 Å². The van der Waals surface area contributed by atoms with E-state index in [1.807, 2.05) is 53.4 Å². The topological polar surface area (TPSA) is 173 Å². The number of aromatic nitrogens is 2. The van der Waals surface area contributed by atoms with E-state index in [4.69, 9.17) is 16.3 Å². The third-order valence-electron chi connectivity index (χ3n) is 11.4. The second-order valence-electron chi connectivity index (χ2n) is 15.5. The number of hydrogen-bond donors (Lipinski definition) is 5. The van der Waals surface area contributed by atoms with Gasteiger partial charge in [-0.1, -0.05) is 35.9 Å². The van der Waals surface area contributed by atoms with Gasteiger partial charge in [-0.25, -0.2) is 4.98 Å². The number of piperazine rings is 1. The van der Waals surface area contributed by atoms with Crippen molar-refractivity contribution < 1.29 is 23.9 Å². The van der Waals surface area contributed by atoms with Crippen LogP contribution in [0.3, 0.4) is 0 Å². The van der Waals surface area contributed by atoms with E-state index < -0.39 is 6.04 Å². The van der Waals surface area contributed by atoms with E-state index in [9.17, 15) is 19.2 Å². The quantitative estimate of drug-likeness (QED) is 0.111. The summed E-state index contributed by atoms with van der Waals surface area (Å²) in [6.45, 7) is 4.81. The molecule has 3 saturated heterocycles. The van der Waals surface area contributed by atoms with E-state index in [1.165, 1.54) is 11.8 Å². The van der Waals surface area contributed by atoms with Gasteiger partial charge in [-0.3, -0.25) is 29.4 Å². The molecule has 1 aliphatic carbocycles. The molecule has 0 spiro atoms. The Kier molecular flexibility index (Phi) is 12.1. The molecule has 4 heterocycles. The summed E-state index contributed by atoms with van der Waals surface area (Å²) in [7, 11) is 1.61. The zero-order chi connectivity index (χ0) is 40.9. The van der Waals surface area contributed by atoms with Crippen LogP contribution < -0.4 is 36.2 Å². The fraction of sp³-hybridized carbons (Fsp3) is 0.395. The number of hydrogen-bond acceptors (Lipinski definition) is 12. The molecular weight excluding hydrogens is 772 g/mol. The Morgan fingerprint density at radius 1 is 0.881 bits per heavy atom. The summed E-state index contributed by atoms with van der Waals surface area (Å²) in [6.07, 6.45) is 6.28. The number of nitrogens with zero attached hydrogens (tertiary/aromatic N) is 5. The molecule has 4 amide bonds. The third-order valence-corrected chi connectivity index (χ3v) is 11.7. The van der Waals surface area contributed by atoms with E-state index in [-0.39, 0.29) is 29.7 Å². The van der Waals surface area contributed by atoms with Crippen LogP contribution in [0, 0.1) is 0 Å². The van der Waals surface area contributed by atoms with Crippen molar-refractivity contribution in [1.82, 2.24) is 30.4 Å². The lowest BCUT2D eigenvalue weighted by Gasteiger charge is -2.38. The van der Waals surface area contributed by atoms with E-state index in [2.05, 4.69) is 58.5 Å². The number of piperidine rings is 2. The van der Waals surface area contributed by atoms with Crippen LogP contribution in [-0.2, 0) is 14.4 Å². The minimum absolute atomic E-state index is 0.144. The molecule has 3 aliphatic heterocycles. The van der Waals surface area contributed by atoms with Crippen molar-refractivity contribution >= 4 is 69.7 Å². The summed E-state index contributed by atoms with van der Waals surface area (Å²) < 4.78 is 5.77. The maximum Gasteiger partial charge on any atom is 0.253 e. The molecule has 1 atom stereocenters. The minimum atomic E-state index is -0.401. The summed E-state index contributed by atoms with van der Waals surface area (Å²) in [6, 6.07) is 21.2. The molecule has 4 aliphatic rings. The first-order chi connectivity index (χ1) is 28.7. The number of nitrogens with one attached hydrogen (secondary N) is 5. The highest BCUT2D eigenvalue weighted by Gasteiger charge is 2.29. The maximum atomic E-state index is 13.4. The minimum Gasteiger partial charge on any atom is -0.494 e. The molecule has 1 unspecified atom stereocenters. The predicted octanol–water partition coefficient (Wildman–Crippen LogP) is 5.26. The van der Waals surface area contributed by atoms with Crippen molar-refractivity contribution in [2.75, 3.05) is 73.8 Å². The van der Waals surface area contributed by atoms with Crippen LogP contribution in [0.25, 0.3) is 0 Å². The smallest absolute Gasteiger partial charge is 0.253 e. The number of benzene rings is 3. The van der Waals surface area contributed by atoms with Gasteiger partial charge < -0.3 is 35.8 Å². The van der Waals surface area contributed by atoms with Crippen molar-refractivity contribution in [1.29, 1.82) is 0 Å². The number of amides is 4. The second-order valence-corrected chi connectivity index (χ2v) is 15.9. The Morgan fingerprint density at radius 3 is 2.37 bits per heavy atom. The Labute approximate surface area is 348 Å². The summed E-state index contributed by atoms with van der Waals surface area (Å²) >= 11 is 6.49. The van der Waals surface area contributed by atoms with Crippen LogP contribution in [0.1, 0.15) is 60.4 Å². The fourth-order valence-electron chi connectivity index (χ4n) is 7.84. The molecule has 0 radical (unpaired) electrons. The SMILES string of the molecule is COc1cc(N2CCN(C(=O)CN3CCC(c4ccc(NC5CCC(=O)NC5=O)cc4)CC3)CC2)ccc1Nc1ncc(Cl)c(Nc2ccccc2C(=O)NC2CC2)n1. The molecule has 1 saturated carbocycles. The van der Waals surface area contributed by atoms with Crippen molar-refractivity contribution in [3.63, 3.8) is 0 Å². The molecule has 5 N–H and O–H groups in total. The van der Waals surface area contributed by atoms with Gasteiger partial charge in [0.15, 0.2) is 5.82 Å². The molecule has 16 heteroatoms. The van der Waals surface area contributed by atoms with E-state index in [0.717, 1.165) is 50.1 Å². The molecule has 4 aromatic rings. The average molecular weight is 821 g/mol. The number of imide groups is 1. The van der Waals surface area contributed by atoms with Gasteiger partial charge in [0.25, 0.3) is 5.91 Å². The highest BCUT2D eigenvalue weighted by atomic mass is 35.5. The molecule has 8 rings (SSSR count). The van der Waals surface area contributed by atoms with Gasteiger partial charge in [-0.15, -0.1) is 0 Å². The highest BCUT2D eigenvalue weighted by Crippen LogP contribution is 2.34. The van der Waals surface area contributed by atoms with Gasteiger partial charge in [0.05, 0.1) is 36.8 Å². The van der Waals surface area contributed by atoms with Gasteiger partial charge in [0.1, 0.15) is 16.8 Å². The molecule has 308 valence electrons. The first-order valence-corrected chi connectivity index (χ1v) is 20.7. The van der Waals surface area contributed by atoms with Crippen LogP contribution >= 0.6 is 11.6 Å². The summed E-state index contributed by atoms with van der Waals surface area (Å²) in [4.78, 5) is 65.3. The summed E-state index contributed by atoms with van der Waals surface area (Å²) in [5.41, 5.74) is 4.88. The Bertz CT molecular complexity index is 2190. The van der Waals surface area contributed by atoms with E-state index in [0.29, 0.717) is 91.0 Å². The van der Waals surface area contributed by atoms with Crippen LogP contribution in [0.4, 0.5) is 34.5 Å². The van der Waals surface area contributed by atoms with Crippen molar-refractivity contribution in [3.8, 4) is 5.75 Å². The summed E-state index contributed by atoms with van der Waals surface area (Å²) in [5.74, 6) is 1.20. The number of anilines is 6. The lowest BCUT2D eigenvalue weighted by Crippen LogP contribution is -2.51. The third kappa shape index (κ3) is 9.86. The number of rotatable bonds is 13. The molecule has 4 fully saturated rings.